The van der Waals surface area contributed by atoms with E-state index in [0.717, 1.165) is 43.9 Å². The predicted octanol–water partition coefficient (Wildman–Crippen LogP) is 3.31. The van der Waals surface area contributed by atoms with Crippen molar-refractivity contribution in [1.29, 1.82) is 0 Å². The van der Waals surface area contributed by atoms with Crippen molar-refractivity contribution in [2.45, 2.75) is 44.4 Å². The Hall–Kier alpha value is -1.71. The molecule has 0 aromatic heterocycles. The minimum Gasteiger partial charge on any atom is -0.454 e. The van der Waals surface area contributed by atoms with Crippen LogP contribution >= 0.6 is 0 Å². The minimum atomic E-state index is 0.282. The van der Waals surface area contributed by atoms with Gasteiger partial charge in [-0.05, 0) is 37.0 Å². The molecule has 4 nitrogen and oxygen atoms in total. The summed E-state index contributed by atoms with van der Waals surface area (Å²) in [5.74, 6) is 2.78. The average molecular weight is 301 g/mol. The molecule has 1 atom stereocenters. The molecule has 4 rings (SSSR count). The summed E-state index contributed by atoms with van der Waals surface area (Å²) in [5, 5.41) is 0. The molecule has 1 amide bonds. The highest BCUT2D eigenvalue weighted by molar-refractivity contribution is 5.79. The second-order valence-electron chi connectivity index (χ2n) is 6.72. The van der Waals surface area contributed by atoms with Gasteiger partial charge < -0.3 is 14.4 Å². The zero-order valence-corrected chi connectivity index (χ0v) is 12.9. The number of amides is 1. The first-order valence-electron chi connectivity index (χ1n) is 8.49. The Morgan fingerprint density at radius 2 is 1.86 bits per heavy atom. The maximum Gasteiger partial charge on any atom is 0.231 e. The quantitative estimate of drug-likeness (QED) is 0.841. The van der Waals surface area contributed by atoms with E-state index in [1.54, 1.807) is 0 Å². The molecule has 2 fully saturated rings. The Morgan fingerprint density at radius 3 is 2.73 bits per heavy atom. The van der Waals surface area contributed by atoms with Crippen LogP contribution in [0.4, 0.5) is 0 Å². The van der Waals surface area contributed by atoms with Gasteiger partial charge in [-0.1, -0.05) is 25.3 Å². The highest BCUT2D eigenvalue weighted by Gasteiger charge is 2.32. The number of ether oxygens (including phenoxy) is 2. The number of rotatable bonds is 2. The Kier molecular flexibility index (Phi) is 3.68. The van der Waals surface area contributed by atoms with Crippen molar-refractivity contribution < 1.29 is 14.3 Å². The van der Waals surface area contributed by atoms with Gasteiger partial charge in [0.15, 0.2) is 11.5 Å². The number of fused-ring (bicyclic) bond motifs is 1. The molecule has 1 unspecified atom stereocenters. The SMILES string of the molecule is O=C(C1CCCCC1)N1CCC(c2ccc3c(c2)OCO3)C1. The van der Waals surface area contributed by atoms with Gasteiger partial charge >= 0.3 is 0 Å². The molecule has 0 N–H and O–H groups in total. The van der Waals surface area contributed by atoms with Crippen LogP contribution in [0, 0.1) is 5.92 Å². The van der Waals surface area contributed by atoms with E-state index in [9.17, 15) is 4.79 Å². The molecule has 4 heteroatoms. The molecule has 1 saturated carbocycles. The Morgan fingerprint density at radius 1 is 1.05 bits per heavy atom. The van der Waals surface area contributed by atoms with E-state index < -0.39 is 0 Å². The molecular formula is C18H23NO3. The maximum absolute atomic E-state index is 12.6. The molecule has 0 spiro atoms. The van der Waals surface area contributed by atoms with Crippen LogP contribution in [0.25, 0.3) is 0 Å². The number of benzene rings is 1. The van der Waals surface area contributed by atoms with Gasteiger partial charge in [0, 0.05) is 24.9 Å². The van der Waals surface area contributed by atoms with E-state index in [2.05, 4.69) is 17.0 Å². The van der Waals surface area contributed by atoms with Crippen LogP contribution < -0.4 is 9.47 Å². The predicted molar refractivity (Wildman–Crippen MR) is 83.1 cm³/mol. The lowest BCUT2D eigenvalue weighted by Crippen LogP contribution is -2.35. The Balaban J connectivity index is 1.42. The number of carbonyl (C=O) groups excluding carboxylic acids is 1. The van der Waals surface area contributed by atoms with E-state index in [1.807, 2.05) is 6.07 Å². The molecule has 2 aliphatic heterocycles. The third-order valence-electron chi connectivity index (χ3n) is 5.32. The van der Waals surface area contributed by atoms with Crippen molar-refractivity contribution in [2.75, 3.05) is 19.9 Å². The summed E-state index contributed by atoms with van der Waals surface area (Å²) in [4.78, 5) is 14.7. The van der Waals surface area contributed by atoms with Crippen molar-refractivity contribution in [3.8, 4) is 11.5 Å². The van der Waals surface area contributed by atoms with Gasteiger partial charge in [-0.3, -0.25) is 4.79 Å². The van der Waals surface area contributed by atoms with Crippen LogP contribution in [0.15, 0.2) is 18.2 Å². The normalized spacial score (nSPS) is 24.7. The first-order valence-corrected chi connectivity index (χ1v) is 8.49. The average Bonchev–Trinajstić information content (AvgIpc) is 3.23. The number of nitrogens with zero attached hydrogens (tertiary/aromatic N) is 1. The summed E-state index contributed by atoms with van der Waals surface area (Å²) in [5.41, 5.74) is 1.27. The molecule has 1 saturated heterocycles. The molecule has 1 aromatic carbocycles. The van der Waals surface area contributed by atoms with Gasteiger partial charge in [-0.25, -0.2) is 0 Å². The van der Waals surface area contributed by atoms with Gasteiger partial charge in [0.05, 0.1) is 0 Å². The standard InChI is InChI=1S/C18H23NO3/c20-18(13-4-2-1-3-5-13)19-9-8-15(11-19)14-6-7-16-17(10-14)22-12-21-16/h6-7,10,13,15H,1-5,8-9,11-12H2. The lowest BCUT2D eigenvalue weighted by atomic mass is 9.88. The largest absolute Gasteiger partial charge is 0.454 e. The van der Waals surface area contributed by atoms with E-state index in [0.29, 0.717) is 18.6 Å². The fraction of sp³-hybridized carbons (Fsp3) is 0.611. The van der Waals surface area contributed by atoms with E-state index in [-0.39, 0.29) is 5.92 Å². The first-order chi connectivity index (χ1) is 10.8. The zero-order chi connectivity index (χ0) is 14.9. The lowest BCUT2D eigenvalue weighted by molar-refractivity contribution is -0.135. The summed E-state index contributed by atoms with van der Waals surface area (Å²) in [7, 11) is 0. The number of hydrogen-bond acceptors (Lipinski definition) is 3. The monoisotopic (exact) mass is 301 g/mol. The second-order valence-corrected chi connectivity index (χ2v) is 6.72. The zero-order valence-electron chi connectivity index (χ0n) is 12.9. The topological polar surface area (TPSA) is 38.8 Å². The second kappa shape index (κ2) is 5.82. The van der Waals surface area contributed by atoms with Gasteiger partial charge in [-0.15, -0.1) is 0 Å². The molecule has 0 bridgehead atoms. The minimum absolute atomic E-state index is 0.282. The van der Waals surface area contributed by atoms with E-state index >= 15 is 0 Å². The summed E-state index contributed by atoms with van der Waals surface area (Å²) < 4.78 is 10.8. The molecule has 1 aliphatic carbocycles. The number of carbonyl (C=O) groups is 1. The van der Waals surface area contributed by atoms with Crippen LogP contribution in [0.5, 0.6) is 11.5 Å². The van der Waals surface area contributed by atoms with Crippen LogP contribution in [0.1, 0.15) is 50.0 Å². The van der Waals surface area contributed by atoms with Crippen LogP contribution in [-0.4, -0.2) is 30.7 Å². The molecule has 2 heterocycles. The smallest absolute Gasteiger partial charge is 0.231 e. The number of likely N-dealkylation sites (tertiary alicyclic amines) is 1. The van der Waals surface area contributed by atoms with Gasteiger partial charge in [0.2, 0.25) is 12.7 Å². The Labute approximate surface area is 131 Å². The highest BCUT2D eigenvalue weighted by Crippen LogP contribution is 2.37. The molecule has 22 heavy (non-hydrogen) atoms. The van der Waals surface area contributed by atoms with Crippen LogP contribution in [0.3, 0.4) is 0 Å². The molecule has 1 aromatic rings. The fourth-order valence-corrected chi connectivity index (χ4v) is 4.01. The summed E-state index contributed by atoms with van der Waals surface area (Å²) in [6.07, 6.45) is 6.96. The summed E-state index contributed by atoms with van der Waals surface area (Å²) in [6, 6.07) is 6.19. The van der Waals surface area contributed by atoms with E-state index in [4.69, 9.17) is 9.47 Å². The fourth-order valence-electron chi connectivity index (χ4n) is 4.01. The first kappa shape index (κ1) is 13.9. The molecule has 0 radical (unpaired) electrons. The third kappa shape index (κ3) is 2.55. The van der Waals surface area contributed by atoms with Crippen molar-refractivity contribution in [3.63, 3.8) is 0 Å². The van der Waals surface area contributed by atoms with Crippen molar-refractivity contribution >= 4 is 5.91 Å². The summed E-state index contributed by atoms with van der Waals surface area (Å²) >= 11 is 0. The van der Waals surface area contributed by atoms with Crippen LogP contribution in [-0.2, 0) is 4.79 Å². The highest BCUT2D eigenvalue weighted by atomic mass is 16.7. The molecular weight excluding hydrogens is 278 g/mol. The summed E-state index contributed by atoms with van der Waals surface area (Å²) in [6.45, 7) is 2.07. The molecule has 118 valence electrons. The number of hydrogen-bond donors (Lipinski definition) is 0. The van der Waals surface area contributed by atoms with Gasteiger partial charge in [0.1, 0.15) is 0 Å². The lowest BCUT2D eigenvalue weighted by Gasteiger charge is -2.26. The van der Waals surface area contributed by atoms with Crippen molar-refractivity contribution in [1.82, 2.24) is 4.90 Å². The van der Waals surface area contributed by atoms with Crippen molar-refractivity contribution in [3.05, 3.63) is 23.8 Å². The van der Waals surface area contributed by atoms with Gasteiger partial charge in [0.25, 0.3) is 0 Å². The van der Waals surface area contributed by atoms with Crippen LogP contribution in [0.2, 0.25) is 0 Å². The van der Waals surface area contributed by atoms with E-state index in [1.165, 1.54) is 24.8 Å². The third-order valence-corrected chi connectivity index (χ3v) is 5.32. The maximum atomic E-state index is 12.6. The Bertz CT molecular complexity index is 565. The molecule has 3 aliphatic rings. The van der Waals surface area contributed by atoms with Crippen molar-refractivity contribution in [2.24, 2.45) is 5.92 Å². The van der Waals surface area contributed by atoms with Gasteiger partial charge in [-0.2, -0.15) is 0 Å².